The van der Waals surface area contributed by atoms with Crippen molar-refractivity contribution in [1.82, 2.24) is 0 Å². The third-order valence-electron chi connectivity index (χ3n) is 3.13. The van der Waals surface area contributed by atoms with Crippen LogP contribution in [-0.2, 0) is 14.6 Å². The van der Waals surface area contributed by atoms with Gasteiger partial charge in [-0.2, -0.15) is 0 Å². The third-order valence-corrected chi connectivity index (χ3v) is 4.24. The van der Waals surface area contributed by atoms with Crippen LogP contribution in [0.25, 0.3) is 0 Å². The van der Waals surface area contributed by atoms with Gasteiger partial charge in [-0.25, -0.2) is 8.42 Å². The van der Waals surface area contributed by atoms with Gasteiger partial charge in [0.1, 0.15) is 0 Å². The fourth-order valence-electron chi connectivity index (χ4n) is 1.57. The summed E-state index contributed by atoms with van der Waals surface area (Å²) in [6.07, 6.45) is 2.47. The average Bonchev–Trinajstić information content (AvgIpc) is 2.99. The smallest absolute Gasteiger partial charge is 0.244 e. The first-order valence-corrected chi connectivity index (χ1v) is 7.53. The molecule has 1 saturated carbocycles. The minimum absolute atomic E-state index is 0.185. The largest absolute Gasteiger partial charge is 0.324 e. The van der Waals surface area contributed by atoms with Gasteiger partial charge in [-0.15, -0.1) is 0 Å². The molecule has 0 atom stereocenters. The van der Waals surface area contributed by atoms with Crippen LogP contribution in [0.2, 0.25) is 0 Å². The van der Waals surface area contributed by atoms with Crippen LogP contribution in [0.1, 0.15) is 18.4 Å². The van der Waals surface area contributed by atoms with E-state index in [9.17, 15) is 13.2 Å². The van der Waals surface area contributed by atoms with Gasteiger partial charge in [0.25, 0.3) is 0 Å². The summed E-state index contributed by atoms with van der Waals surface area (Å²) in [7, 11) is -3.28. The second kappa shape index (κ2) is 4.07. The highest BCUT2D eigenvalue weighted by Crippen LogP contribution is 2.33. The molecule has 0 spiro atoms. The molecule has 0 radical (unpaired) electrons. The Morgan fingerprint density at radius 3 is 2.50 bits per heavy atom. The van der Waals surface area contributed by atoms with Gasteiger partial charge >= 0.3 is 0 Å². The zero-order valence-corrected chi connectivity index (χ0v) is 11.2. The van der Waals surface area contributed by atoms with Crippen LogP contribution in [-0.4, -0.2) is 26.1 Å². The molecule has 3 N–H and O–H groups in total. The van der Waals surface area contributed by atoms with Gasteiger partial charge in [-0.05, 0) is 37.5 Å². The van der Waals surface area contributed by atoms with Crippen molar-refractivity contribution in [1.29, 1.82) is 0 Å². The second-order valence-corrected chi connectivity index (χ2v) is 6.87. The summed E-state index contributed by atoms with van der Waals surface area (Å²) in [6, 6.07) is 4.66. The maximum atomic E-state index is 11.8. The minimum atomic E-state index is -3.28. The number of carbonyl (C=O) groups is 1. The molecule has 98 valence electrons. The number of nitrogens with two attached hydrogens (primary N) is 1. The molecule has 1 aliphatic rings. The van der Waals surface area contributed by atoms with E-state index in [4.69, 9.17) is 5.73 Å². The first-order valence-electron chi connectivity index (χ1n) is 5.63. The predicted molar refractivity (Wildman–Crippen MR) is 69.1 cm³/mol. The average molecular weight is 268 g/mol. The van der Waals surface area contributed by atoms with Crippen LogP contribution in [0.5, 0.6) is 0 Å². The lowest BCUT2D eigenvalue weighted by atomic mass is 10.2. The van der Waals surface area contributed by atoms with Gasteiger partial charge in [-0.1, -0.05) is 6.07 Å². The lowest BCUT2D eigenvalue weighted by Crippen LogP contribution is -2.38. The van der Waals surface area contributed by atoms with Gasteiger partial charge in [-0.3, -0.25) is 4.79 Å². The number of benzene rings is 1. The molecule has 0 saturated heterocycles. The SMILES string of the molecule is Cc1ccc(S(C)(=O)=O)cc1NC(=O)C1(N)CC1. The van der Waals surface area contributed by atoms with Crippen molar-refractivity contribution in [3.05, 3.63) is 23.8 Å². The highest BCUT2D eigenvalue weighted by Gasteiger charge is 2.46. The van der Waals surface area contributed by atoms with E-state index in [2.05, 4.69) is 5.32 Å². The van der Waals surface area contributed by atoms with Crippen LogP contribution < -0.4 is 11.1 Å². The second-order valence-electron chi connectivity index (χ2n) is 4.86. The van der Waals surface area contributed by atoms with E-state index in [0.29, 0.717) is 18.5 Å². The molecule has 2 rings (SSSR count). The normalized spacial score (nSPS) is 17.3. The van der Waals surface area contributed by atoms with E-state index < -0.39 is 15.4 Å². The first-order chi connectivity index (χ1) is 8.22. The Morgan fingerprint density at radius 1 is 1.39 bits per heavy atom. The molecule has 18 heavy (non-hydrogen) atoms. The van der Waals surface area contributed by atoms with Crippen molar-refractivity contribution in [2.45, 2.75) is 30.2 Å². The predicted octanol–water partition coefficient (Wildman–Crippen LogP) is 0.828. The van der Waals surface area contributed by atoms with Gasteiger partial charge < -0.3 is 11.1 Å². The number of hydrogen-bond acceptors (Lipinski definition) is 4. The van der Waals surface area contributed by atoms with Crippen molar-refractivity contribution in [3.8, 4) is 0 Å². The lowest BCUT2D eigenvalue weighted by molar-refractivity contribution is -0.118. The molecular formula is C12H16N2O3S. The fraction of sp³-hybridized carbons (Fsp3) is 0.417. The van der Waals surface area contributed by atoms with Crippen LogP contribution in [0, 0.1) is 6.92 Å². The van der Waals surface area contributed by atoms with Gasteiger partial charge in [0.15, 0.2) is 9.84 Å². The molecule has 1 fully saturated rings. The third kappa shape index (κ3) is 2.54. The van der Waals surface area contributed by atoms with E-state index in [1.807, 2.05) is 0 Å². The summed E-state index contributed by atoms with van der Waals surface area (Å²) < 4.78 is 22.9. The molecule has 6 heteroatoms. The van der Waals surface area contributed by atoms with Gasteiger partial charge in [0, 0.05) is 11.9 Å². The summed E-state index contributed by atoms with van der Waals surface area (Å²) in [5, 5.41) is 2.70. The topological polar surface area (TPSA) is 89.3 Å². The molecular weight excluding hydrogens is 252 g/mol. The van der Waals surface area contributed by atoms with Crippen molar-refractivity contribution in [2.75, 3.05) is 11.6 Å². The van der Waals surface area contributed by atoms with E-state index in [1.54, 1.807) is 13.0 Å². The first kappa shape index (κ1) is 13.0. The number of amides is 1. The number of anilines is 1. The van der Waals surface area contributed by atoms with Crippen molar-refractivity contribution in [3.63, 3.8) is 0 Å². The summed E-state index contributed by atoms with van der Waals surface area (Å²) in [5.41, 5.74) is 6.32. The van der Waals surface area contributed by atoms with E-state index in [1.165, 1.54) is 12.1 Å². The summed E-state index contributed by atoms with van der Waals surface area (Å²) >= 11 is 0. The van der Waals surface area contributed by atoms with E-state index in [-0.39, 0.29) is 10.8 Å². The highest BCUT2D eigenvalue weighted by atomic mass is 32.2. The molecule has 1 aliphatic carbocycles. The Balaban J connectivity index is 2.30. The highest BCUT2D eigenvalue weighted by molar-refractivity contribution is 7.90. The Hall–Kier alpha value is -1.40. The van der Waals surface area contributed by atoms with Crippen molar-refractivity contribution >= 4 is 21.4 Å². The Morgan fingerprint density at radius 2 is 2.00 bits per heavy atom. The summed E-state index contributed by atoms with van der Waals surface area (Å²) in [5.74, 6) is -0.253. The molecule has 0 unspecified atom stereocenters. The molecule has 1 aromatic carbocycles. The number of sulfone groups is 1. The molecule has 0 aromatic heterocycles. The maximum absolute atomic E-state index is 11.8. The maximum Gasteiger partial charge on any atom is 0.244 e. The molecule has 0 bridgehead atoms. The Labute approximate surface area is 106 Å². The van der Waals surface area contributed by atoms with Gasteiger partial charge in [0.2, 0.25) is 5.91 Å². The molecule has 1 amide bonds. The minimum Gasteiger partial charge on any atom is -0.324 e. The van der Waals surface area contributed by atoms with Crippen LogP contribution >= 0.6 is 0 Å². The van der Waals surface area contributed by atoms with Gasteiger partial charge in [0.05, 0.1) is 10.4 Å². The number of nitrogens with one attached hydrogen (secondary N) is 1. The number of rotatable bonds is 3. The zero-order valence-electron chi connectivity index (χ0n) is 10.4. The molecule has 1 aromatic rings. The number of carbonyl (C=O) groups excluding carboxylic acids is 1. The molecule has 0 aliphatic heterocycles. The van der Waals surface area contributed by atoms with Crippen molar-refractivity contribution in [2.24, 2.45) is 5.73 Å². The van der Waals surface area contributed by atoms with E-state index >= 15 is 0 Å². The Bertz CT molecular complexity index is 604. The monoisotopic (exact) mass is 268 g/mol. The van der Waals surface area contributed by atoms with Crippen LogP contribution in [0.15, 0.2) is 23.1 Å². The quantitative estimate of drug-likeness (QED) is 0.849. The fourth-order valence-corrected chi connectivity index (χ4v) is 2.22. The lowest BCUT2D eigenvalue weighted by Gasteiger charge is -2.13. The standard InChI is InChI=1S/C12H16N2O3S/c1-8-3-4-9(18(2,16)17)7-10(8)14-11(15)12(13)5-6-12/h3-4,7H,5-6,13H2,1-2H3,(H,14,15). The summed E-state index contributed by atoms with van der Waals surface area (Å²) in [4.78, 5) is 12.0. The summed E-state index contributed by atoms with van der Waals surface area (Å²) in [6.45, 7) is 1.80. The molecule has 5 nitrogen and oxygen atoms in total. The van der Waals surface area contributed by atoms with Crippen LogP contribution in [0.4, 0.5) is 5.69 Å². The van der Waals surface area contributed by atoms with Crippen molar-refractivity contribution < 1.29 is 13.2 Å². The molecule has 0 heterocycles. The number of hydrogen-bond donors (Lipinski definition) is 2. The van der Waals surface area contributed by atoms with E-state index in [0.717, 1.165) is 11.8 Å². The Kier molecular flexibility index (Phi) is 2.95. The van der Waals surface area contributed by atoms with Crippen LogP contribution in [0.3, 0.4) is 0 Å². The zero-order chi connectivity index (χ0) is 13.6. The number of aryl methyl sites for hydroxylation is 1.